The smallest absolute Gasteiger partial charge is 0.258 e. The summed E-state index contributed by atoms with van der Waals surface area (Å²) in [4.78, 5) is 12.6. The number of hydrogen-bond acceptors (Lipinski definition) is 3. The van der Waals surface area contributed by atoms with Gasteiger partial charge < -0.3 is 5.32 Å². The number of amides is 1. The molecule has 0 spiro atoms. The van der Waals surface area contributed by atoms with Gasteiger partial charge in [0.15, 0.2) is 0 Å². The van der Waals surface area contributed by atoms with Gasteiger partial charge in [0.05, 0.1) is 10.5 Å². The number of anilines is 1. The van der Waals surface area contributed by atoms with E-state index in [9.17, 15) is 17.6 Å². The Hall–Kier alpha value is -2.25. The Balaban J connectivity index is 1.90. The summed E-state index contributed by atoms with van der Waals surface area (Å²) in [5.41, 5.74) is 2.18. The van der Waals surface area contributed by atoms with Crippen LogP contribution in [0.1, 0.15) is 41.8 Å². The van der Waals surface area contributed by atoms with E-state index < -0.39 is 21.7 Å². The van der Waals surface area contributed by atoms with Crippen LogP contribution in [0.3, 0.4) is 0 Å². The van der Waals surface area contributed by atoms with E-state index in [1.807, 2.05) is 33.8 Å². The lowest BCUT2D eigenvalue weighted by Crippen LogP contribution is -2.42. The molecular weight excluding hydrogens is 391 g/mol. The summed E-state index contributed by atoms with van der Waals surface area (Å²) in [6, 6.07) is 8.92. The second kappa shape index (κ2) is 8.24. The van der Waals surface area contributed by atoms with Crippen molar-refractivity contribution in [3.63, 3.8) is 0 Å². The maximum atomic E-state index is 14.4. The lowest BCUT2D eigenvalue weighted by molar-refractivity contribution is 0.102. The van der Waals surface area contributed by atoms with Gasteiger partial charge in [0.25, 0.3) is 5.91 Å². The molecule has 0 unspecified atom stereocenters. The first-order chi connectivity index (χ1) is 13.6. The second-order valence-electron chi connectivity index (χ2n) is 8.24. The van der Waals surface area contributed by atoms with Crippen LogP contribution in [-0.2, 0) is 10.0 Å². The molecule has 29 heavy (non-hydrogen) atoms. The maximum absolute atomic E-state index is 14.4. The number of carbonyl (C=O) groups excluding carboxylic acids is 1. The highest BCUT2D eigenvalue weighted by atomic mass is 32.2. The normalized spacial score (nSPS) is 20.4. The Labute approximate surface area is 172 Å². The van der Waals surface area contributed by atoms with Crippen molar-refractivity contribution in [2.75, 3.05) is 18.4 Å². The van der Waals surface area contributed by atoms with Crippen LogP contribution in [-0.4, -0.2) is 31.7 Å². The molecule has 1 heterocycles. The molecule has 156 valence electrons. The van der Waals surface area contributed by atoms with Gasteiger partial charge in [-0.2, -0.15) is 4.31 Å². The summed E-state index contributed by atoms with van der Waals surface area (Å²) in [5, 5.41) is 2.67. The van der Waals surface area contributed by atoms with Crippen molar-refractivity contribution < 1.29 is 17.6 Å². The van der Waals surface area contributed by atoms with Crippen LogP contribution >= 0.6 is 0 Å². The second-order valence-corrected chi connectivity index (χ2v) is 10.2. The molecule has 0 aromatic heterocycles. The third-order valence-electron chi connectivity index (χ3n) is 5.14. The van der Waals surface area contributed by atoms with Crippen LogP contribution < -0.4 is 5.32 Å². The molecule has 2 aromatic carbocycles. The Bertz CT molecular complexity index is 1010. The average Bonchev–Trinajstić information content (AvgIpc) is 2.60. The number of carbonyl (C=O) groups is 1. The molecule has 2 atom stereocenters. The van der Waals surface area contributed by atoms with Gasteiger partial charge in [0.2, 0.25) is 10.0 Å². The fourth-order valence-electron chi connectivity index (χ4n) is 4.04. The van der Waals surface area contributed by atoms with Crippen LogP contribution in [0.15, 0.2) is 41.3 Å². The van der Waals surface area contributed by atoms with E-state index in [1.165, 1.54) is 10.4 Å². The minimum absolute atomic E-state index is 0.0641. The zero-order chi connectivity index (χ0) is 21.3. The van der Waals surface area contributed by atoms with Gasteiger partial charge in [-0.1, -0.05) is 19.9 Å². The molecule has 0 radical (unpaired) electrons. The van der Waals surface area contributed by atoms with E-state index in [0.717, 1.165) is 29.7 Å². The molecule has 5 nitrogen and oxygen atoms in total. The molecule has 0 saturated carbocycles. The van der Waals surface area contributed by atoms with Crippen molar-refractivity contribution in [2.24, 2.45) is 11.8 Å². The predicted molar refractivity (Wildman–Crippen MR) is 112 cm³/mol. The molecule has 3 rings (SSSR count). The van der Waals surface area contributed by atoms with E-state index in [-0.39, 0.29) is 22.3 Å². The van der Waals surface area contributed by atoms with Crippen LogP contribution in [0.2, 0.25) is 0 Å². The molecular formula is C22H27FN2O3S. The van der Waals surface area contributed by atoms with Gasteiger partial charge in [-0.3, -0.25) is 4.79 Å². The maximum Gasteiger partial charge on any atom is 0.258 e. The number of aryl methyl sites for hydroxylation is 2. The molecule has 1 aliphatic rings. The first-order valence-corrected chi connectivity index (χ1v) is 11.2. The Kier molecular flexibility index (Phi) is 6.10. The van der Waals surface area contributed by atoms with E-state index >= 15 is 0 Å². The molecule has 1 saturated heterocycles. The van der Waals surface area contributed by atoms with E-state index in [4.69, 9.17) is 0 Å². The molecule has 0 aliphatic carbocycles. The number of halogens is 1. The fourth-order valence-corrected chi connectivity index (χ4v) is 5.74. The lowest BCUT2D eigenvalue weighted by atomic mass is 9.94. The quantitative estimate of drug-likeness (QED) is 0.802. The Morgan fingerprint density at radius 3 is 2.21 bits per heavy atom. The number of rotatable bonds is 4. The minimum Gasteiger partial charge on any atom is -0.322 e. The number of nitrogens with one attached hydrogen (secondary N) is 1. The van der Waals surface area contributed by atoms with Gasteiger partial charge in [-0.25, -0.2) is 12.8 Å². The molecule has 0 bridgehead atoms. The van der Waals surface area contributed by atoms with Crippen LogP contribution in [0, 0.1) is 31.5 Å². The largest absolute Gasteiger partial charge is 0.322 e. The summed E-state index contributed by atoms with van der Waals surface area (Å²) < 4.78 is 42.0. The SMILES string of the molecule is Cc1cc(C)cc(NC(=O)c2cc(S(=O)(=O)N3C[C@H](C)C[C@H](C)C3)ccc2F)c1. The van der Waals surface area contributed by atoms with Crippen LogP contribution in [0.5, 0.6) is 0 Å². The molecule has 1 fully saturated rings. The fraction of sp³-hybridized carbons (Fsp3) is 0.409. The zero-order valence-corrected chi connectivity index (χ0v) is 18.0. The van der Waals surface area contributed by atoms with Gasteiger partial charge in [-0.05, 0) is 73.6 Å². The minimum atomic E-state index is -3.80. The molecule has 1 amide bonds. The Morgan fingerprint density at radius 1 is 1.03 bits per heavy atom. The number of piperidine rings is 1. The molecule has 7 heteroatoms. The lowest BCUT2D eigenvalue weighted by Gasteiger charge is -2.34. The van der Waals surface area contributed by atoms with Gasteiger partial charge >= 0.3 is 0 Å². The van der Waals surface area contributed by atoms with Crippen molar-refractivity contribution in [3.8, 4) is 0 Å². The first-order valence-electron chi connectivity index (χ1n) is 9.75. The number of sulfonamides is 1. The van der Waals surface area contributed by atoms with Crippen molar-refractivity contribution in [1.29, 1.82) is 0 Å². The Morgan fingerprint density at radius 2 is 1.62 bits per heavy atom. The summed E-state index contributed by atoms with van der Waals surface area (Å²) in [5.74, 6) is -0.932. The number of nitrogens with zero attached hydrogens (tertiary/aromatic N) is 1. The number of hydrogen-bond donors (Lipinski definition) is 1. The molecule has 2 aromatic rings. The standard InChI is InChI=1S/C22H27FN2O3S/c1-14-7-15(2)10-18(9-14)24-22(26)20-11-19(5-6-21(20)23)29(27,28)25-12-16(3)8-17(4)13-25/h5-7,9-11,16-17H,8,12-13H2,1-4H3,(H,24,26)/t16-,17+. The summed E-state index contributed by atoms with van der Waals surface area (Å²) >= 11 is 0. The van der Waals surface area contributed by atoms with Gasteiger partial charge in [-0.15, -0.1) is 0 Å². The highest BCUT2D eigenvalue weighted by Crippen LogP contribution is 2.28. The monoisotopic (exact) mass is 418 g/mol. The van der Waals surface area contributed by atoms with Crippen molar-refractivity contribution >= 4 is 21.6 Å². The van der Waals surface area contributed by atoms with Crippen molar-refractivity contribution in [3.05, 3.63) is 58.9 Å². The highest BCUT2D eigenvalue weighted by Gasteiger charge is 2.32. The number of benzene rings is 2. The molecule has 1 aliphatic heterocycles. The summed E-state index contributed by atoms with van der Waals surface area (Å²) in [6.07, 6.45) is 0.971. The van der Waals surface area contributed by atoms with Crippen molar-refractivity contribution in [1.82, 2.24) is 4.31 Å². The topological polar surface area (TPSA) is 66.5 Å². The third-order valence-corrected chi connectivity index (χ3v) is 6.96. The van der Waals surface area contributed by atoms with Crippen molar-refractivity contribution in [2.45, 2.75) is 39.0 Å². The summed E-state index contributed by atoms with van der Waals surface area (Å²) in [6.45, 7) is 8.69. The summed E-state index contributed by atoms with van der Waals surface area (Å²) in [7, 11) is -3.80. The third kappa shape index (κ3) is 4.85. The average molecular weight is 419 g/mol. The zero-order valence-electron chi connectivity index (χ0n) is 17.2. The van der Waals surface area contributed by atoms with Crippen LogP contribution in [0.4, 0.5) is 10.1 Å². The van der Waals surface area contributed by atoms with E-state index in [0.29, 0.717) is 18.8 Å². The van der Waals surface area contributed by atoms with Crippen LogP contribution in [0.25, 0.3) is 0 Å². The highest BCUT2D eigenvalue weighted by molar-refractivity contribution is 7.89. The van der Waals surface area contributed by atoms with E-state index in [1.54, 1.807) is 12.1 Å². The van der Waals surface area contributed by atoms with Gasteiger partial charge in [0, 0.05) is 18.8 Å². The first kappa shape index (κ1) is 21.5. The van der Waals surface area contributed by atoms with E-state index in [2.05, 4.69) is 5.32 Å². The van der Waals surface area contributed by atoms with Gasteiger partial charge in [0.1, 0.15) is 5.82 Å². The molecule has 1 N–H and O–H groups in total. The predicted octanol–water partition coefficient (Wildman–Crippen LogP) is 4.36.